The maximum atomic E-state index is 12.6. The monoisotopic (exact) mass is 328 g/mol. The van der Waals surface area contributed by atoms with Crippen LogP contribution in [0.2, 0.25) is 0 Å². The Morgan fingerprint density at radius 1 is 1.13 bits per heavy atom. The predicted octanol–water partition coefficient (Wildman–Crippen LogP) is 3.50. The minimum Gasteiger partial charge on any atom is -0.207 e. The molecule has 2 rings (SSSR count). The molecular weight excluding hydrogens is 308 g/mol. The van der Waals surface area contributed by atoms with Gasteiger partial charge in [-0.2, -0.15) is 9.57 Å². The molecule has 0 aliphatic carbocycles. The molecule has 0 N–H and O–H groups in total. The van der Waals surface area contributed by atoms with E-state index in [1.54, 1.807) is 37.4 Å². The minimum absolute atomic E-state index is 0.226. The van der Waals surface area contributed by atoms with Gasteiger partial charge in [0, 0.05) is 13.6 Å². The second-order valence-corrected chi connectivity index (χ2v) is 7.84. The molecule has 0 fully saturated rings. The number of nitriles is 1. The smallest absolute Gasteiger partial charge is 0.207 e. The number of benzene rings is 2. The van der Waals surface area contributed by atoms with Crippen molar-refractivity contribution in [2.24, 2.45) is 0 Å². The van der Waals surface area contributed by atoms with Crippen LogP contribution in [0.15, 0.2) is 53.4 Å². The van der Waals surface area contributed by atoms with Crippen molar-refractivity contribution in [2.45, 2.75) is 31.2 Å². The molecule has 0 bridgehead atoms. The lowest BCUT2D eigenvalue weighted by atomic mass is 10.0. The Balaban J connectivity index is 2.22. The van der Waals surface area contributed by atoms with Gasteiger partial charge in [0.15, 0.2) is 0 Å². The zero-order valence-electron chi connectivity index (χ0n) is 13.5. The van der Waals surface area contributed by atoms with Gasteiger partial charge in [0.25, 0.3) is 0 Å². The molecule has 0 saturated heterocycles. The van der Waals surface area contributed by atoms with Crippen molar-refractivity contribution >= 4 is 10.0 Å². The van der Waals surface area contributed by atoms with Gasteiger partial charge in [0.1, 0.15) is 0 Å². The van der Waals surface area contributed by atoms with E-state index in [9.17, 15) is 8.42 Å². The Morgan fingerprint density at radius 3 is 2.35 bits per heavy atom. The molecule has 0 unspecified atom stereocenters. The van der Waals surface area contributed by atoms with E-state index in [-0.39, 0.29) is 11.4 Å². The fourth-order valence-corrected chi connectivity index (χ4v) is 3.44. The van der Waals surface area contributed by atoms with Crippen LogP contribution in [0.1, 0.15) is 36.5 Å². The normalized spacial score (nSPS) is 11.7. The average molecular weight is 328 g/mol. The Kier molecular flexibility index (Phi) is 5.19. The van der Waals surface area contributed by atoms with Crippen LogP contribution >= 0.6 is 0 Å². The summed E-state index contributed by atoms with van der Waals surface area (Å²) >= 11 is 0. The molecule has 0 aromatic heterocycles. The van der Waals surface area contributed by atoms with Crippen LogP contribution < -0.4 is 0 Å². The van der Waals surface area contributed by atoms with Crippen LogP contribution in [-0.4, -0.2) is 19.8 Å². The molecule has 4 nitrogen and oxygen atoms in total. The highest BCUT2D eigenvalue weighted by Gasteiger charge is 2.21. The standard InChI is InChI=1S/C18H20N2O2S/c1-14(2)17-7-9-18(10-8-17)23(21,22)20(3)13-16-6-4-5-15(11-16)12-19/h4-11,14H,13H2,1-3H3. The summed E-state index contributed by atoms with van der Waals surface area (Å²) in [5.41, 5.74) is 2.41. The Hall–Kier alpha value is -2.16. The fourth-order valence-electron chi connectivity index (χ4n) is 2.29. The maximum absolute atomic E-state index is 12.6. The molecule has 120 valence electrons. The molecule has 0 heterocycles. The summed E-state index contributed by atoms with van der Waals surface area (Å²) in [5.74, 6) is 0.359. The van der Waals surface area contributed by atoms with E-state index in [0.717, 1.165) is 11.1 Å². The fraction of sp³-hybridized carbons (Fsp3) is 0.278. The van der Waals surface area contributed by atoms with Crippen LogP contribution in [0.3, 0.4) is 0 Å². The van der Waals surface area contributed by atoms with Gasteiger partial charge in [-0.1, -0.05) is 38.1 Å². The molecule has 0 atom stereocenters. The summed E-state index contributed by atoms with van der Waals surface area (Å²) in [4.78, 5) is 0.279. The lowest BCUT2D eigenvalue weighted by Gasteiger charge is -2.18. The van der Waals surface area contributed by atoms with Crippen molar-refractivity contribution in [1.82, 2.24) is 4.31 Å². The Bertz CT molecular complexity index is 819. The van der Waals surface area contributed by atoms with Gasteiger partial charge in [-0.3, -0.25) is 0 Å². The summed E-state index contributed by atoms with van der Waals surface area (Å²) in [7, 11) is -2.00. The van der Waals surface area contributed by atoms with Crippen LogP contribution in [-0.2, 0) is 16.6 Å². The highest BCUT2D eigenvalue weighted by atomic mass is 32.2. The molecule has 0 saturated carbocycles. The zero-order chi connectivity index (χ0) is 17.0. The van der Waals surface area contributed by atoms with Crippen LogP contribution in [0.5, 0.6) is 0 Å². The largest absolute Gasteiger partial charge is 0.243 e. The number of hydrogen-bond acceptors (Lipinski definition) is 3. The summed E-state index contributed by atoms with van der Waals surface area (Å²) < 4.78 is 26.6. The van der Waals surface area contributed by atoms with Crippen LogP contribution in [0.4, 0.5) is 0 Å². The molecular formula is C18H20N2O2S. The quantitative estimate of drug-likeness (QED) is 0.844. The third kappa shape index (κ3) is 3.98. The van der Waals surface area contributed by atoms with E-state index in [1.165, 1.54) is 4.31 Å². The summed E-state index contributed by atoms with van der Waals surface area (Å²) in [6.07, 6.45) is 0. The predicted molar refractivity (Wildman–Crippen MR) is 90.3 cm³/mol. The van der Waals surface area contributed by atoms with Crippen molar-refractivity contribution in [2.75, 3.05) is 7.05 Å². The van der Waals surface area contributed by atoms with Crippen molar-refractivity contribution in [3.05, 3.63) is 65.2 Å². The number of sulfonamides is 1. The molecule has 2 aromatic rings. The number of nitrogens with zero attached hydrogens (tertiary/aromatic N) is 2. The Morgan fingerprint density at radius 2 is 1.78 bits per heavy atom. The van der Waals surface area contributed by atoms with Gasteiger partial charge in [-0.15, -0.1) is 0 Å². The van der Waals surface area contributed by atoms with Crippen molar-refractivity contribution in [3.63, 3.8) is 0 Å². The molecule has 5 heteroatoms. The van der Waals surface area contributed by atoms with E-state index in [4.69, 9.17) is 5.26 Å². The first kappa shape index (κ1) is 17.2. The van der Waals surface area contributed by atoms with E-state index < -0.39 is 10.0 Å². The van der Waals surface area contributed by atoms with Crippen molar-refractivity contribution in [3.8, 4) is 6.07 Å². The number of rotatable bonds is 5. The first-order chi connectivity index (χ1) is 10.8. The van der Waals surface area contributed by atoms with E-state index in [0.29, 0.717) is 11.5 Å². The van der Waals surface area contributed by atoms with Gasteiger partial charge < -0.3 is 0 Å². The summed E-state index contributed by atoms with van der Waals surface area (Å²) in [6, 6.07) is 16.0. The third-order valence-corrected chi connectivity index (χ3v) is 5.53. The average Bonchev–Trinajstić information content (AvgIpc) is 2.55. The lowest BCUT2D eigenvalue weighted by molar-refractivity contribution is 0.466. The van der Waals surface area contributed by atoms with Crippen LogP contribution in [0, 0.1) is 11.3 Å². The molecule has 0 radical (unpaired) electrons. The van der Waals surface area contributed by atoms with E-state index in [2.05, 4.69) is 19.9 Å². The first-order valence-corrected chi connectivity index (χ1v) is 8.84. The highest BCUT2D eigenvalue weighted by molar-refractivity contribution is 7.89. The maximum Gasteiger partial charge on any atom is 0.243 e. The van der Waals surface area contributed by atoms with Crippen LogP contribution in [0.25, 0.3) is 0 Å². The third-order valence-electron chi connectivity index (χ3n) is 3.72. The Labute approximate surface area is 138 Å². The molecule has 0 spiro atoms. The van der Waals surface area contributed by atoms with Crippen molar-refractivity contribution < 1.29 is 8.42 Å². The molecule has 0 aliphatic rings. The van der Waals surface area contributed by atoms with Gasteiger partial charge in [0.05, 0.1) is 16.5 Å². The molecule has 0 amide bonds. The van der Waals surface area contributed by atoms with Gasteiger partial charge in [-0.25, -0.2) is 8.42 Å². The topological polar surface area (TPSA) is 61.2 Å². The van der Waals surface area contributed by atoms with E-state index >= 15 is 0 Å². The highest BCUT2D eigenvalue weighted by Crippen LogP contribution is 2.20. The van der Waals surface area contributed by atoms with Gasteiger partial charge in [-0.05, 0) is 41.3 Å². The van der Waals surface area contributed by atoms with Crippen molar-refractivity contribution in [1.29, 1.82) is 5.26 Å². The van der Waals surface area contributed by atoms with E-state index in [1.807, 2.05) is 18.2 Å². The van der Waals surface area contributed by atoms with Gasteiger partial charge in [0.2, 0.25) is 10.0 Å². The molecule has 0 aliphatic heterocycles. The second kappa shape index (κ2) is 6.95. The molecule has 23 heavy (non-hydrogen) atoms. The number of hydrogen-bond donors (Lipinski definition) is 0. The summed E-state index contributed by atoms with van der Waals surface area (Å²) in [6.45, 7) is 4.36. The summed E-state index contributed by atoms with van der Waals surface area (Å²) in [5, 5.41) is 8.92. The second-order valence-electron chi connectivity index (χ2n) is 5.80. The first-order valence-electron chi connectivity index (χ1n) is 7.40. The zero-order valence-corrected chi connectivity index (χ0v) is 14.3. The molecule has 2 aromatic carbocycles. The van der Waals surface area contributed by atoms with Gasteiger partial charge >= 0.3 is 0 Å². The SMILES string of the molecule is CC(C)c1ccc(S(=O)(=O)N(C)Cc2cccc(C#N)c2)cc1. The lowest BCUT2D eigenvalue weighted by Crippen LogP contribution is -2.26. The minimum atomic E-state index is -3.55.